The van der Waals surface area contributed by atoms with Crippen molar-refractivity contribution in [2.75, 3.05) is 0 Å². The van der Waals surface area contributed by atoms with Crippen molar-refractivity contribution >= 4 is 44.7 Å². The first-order valence-corrected chi connectivity index (χ1v) is 15.7. The summed E-state index contributed by atoms with van der Waals surface area (Å²) < 4.78 is 33.5. The number of aromatic hydroxyl groups is 1. The number of aromatic nitrogens is 2. The predicted octanol–water partition coefficient (Wildman–Crippen LogP) is 8.50. The van der Waals surface area contributed by atoms with E-state index in [9.17, 15) is 22.9 Å². The van der Waals surface area contributed by atoms with Gasteiger partial charge < -0.3 is 5.11 Å². The topological polar surface area (TPSA) is 137 Å². The number of nitrogens with one attached hydrogen (secondary N) is 1. The molecule has 12 heteroatoms. The minimum Gasteiger partial charge on any atom is -0.508 e. The number of hydrogen-bond donors (Lipinski definition) is 3. The monoisotopic (exact) mass is 630 g/mol. The Morgan fingerprint density at radius 2 is 1.57 bits per heavy atom. The van der Waals surface area contributed by atoms with Gasteiger partial charge in [0.25, 0.3) is 15.7 Å². The van der Waals surface area contributed by atoms with Gasteiger partial charge in [0.15, 0.2) is 5.69 Å². The number of aryl methyl sites for hydroxylation is 1. The van der Waals surface area contributed by atoms with Gasteiger partial charge in [-0.3, -0.25) is 14.4 Å². The lowest BCUT2D eigenvalue weighted by Gasteiger charge is -2.27. The number of halogens is 2. The van der Waals surface area contributed by atoms with Gasteiger partial charge in [-0.25, -0.2) is 4.68 Å². The summed E-state index contributed by atoms with van der Waals surface area (Å²) in [6.07, 6.45) is 4.36. The second-order valence-corrected chi connectivity index (χ2v) is 12.3. The molecule has 0 aliphatic carbocycles. The largest absolute Gasteiger partial charge is 0.508 e. The molecule has 0 radical (unpaired) electrons. The fourth-order valence-corrected chi connectivity index (χ4v) is 6.39. The smallest absolute Gasteiger partial charge is 0.299 e. The van der Waals surface area contributed by atoms with Gasteiger partial charge in [0.05, 0.1) is 27.1 Å². The number of rotatable bonds is 11. The van der Waals surface area contributed by atoms with Crippen LogP contribution in [0.1, 0.15) is 62.3 Å². The number of benzene rings is 3. The molecule has 3 aromatic carbocycles. The summed E-state index contributed by atoms with van der Waals surface area (Å²) in [4.78, 5) is 12.6. The highest BCUT2D eigenvalue weighted by Gasteiger charge is 2.24. The number of azo groups is 1. The Balaban J connectivity index is 1.64. The van der Waals surface area contributed by atoms with Crippen molar-refractivity contribution in [2.45, 2.75) is 57.3 Å². The molecule has 0 fully saturated rings. The van der Waals surface area contributed by atoms with Gasteiger partial charge in [-0.1, -0.05) is 80.6 Å². The van der Waals surface area contributed by atoms with E-state index in [-0.39, 0.29) is 33.1 Å². The zero-order valence-corrected chi connectivity index (χ0v) is 25.7. The van der Waals surface area contributed by atoms with Crippen LogP contribution in [-0.2, 0) is 10.1 Å². The van der Waals surface area contributed by atoms with E-state index in [2.05, 4.69) is 29.2 Å². The van der Waals surface area contributed by atoms with Crippen LogP contribution in [0.3, 0.4) is 0 Å². The molecule has 3 N–H and O–H groups in total. The molecule has 9 nitrogen and oxygen atoms in total. The van der Waals surface area contributed by atoms with Gasteiger partial charge >= 0.3 is 0 Å². The molecule has 0 spiro atoms. The maximum absolute atomic E-state index is 13.2. The number of phenolic OH excluding ortho intramolecular Hbond substituents is 1. The van der Waals surface area contributed by atoms with Gasteiger partial charge in [-0.15, -0.1) is 5.11 Å². The average Bonchev–Trinajstić information content (AvgIpc) is 3.23. The minimum absolute atomic E-state index is 0.0395. The summed E-state index contributed by atoms with van der Waals surface area (Å²) in [5.74, 6) is 0.806. The molecule has 4 rings (SSSR count). The van der Waals surface area contributed by atoms with Crippen LogP contribution in [0, 0.1) is 12.8 Å². The molecule has 222 valence electrons. The molecule has 42 heavy (non-hydrogen) atoms. The Bertz CT molecular complexity index is 1750. The fourth-order valence-electron chi connectivity index (χ4n) is 5.06. The Morgan fingerprint density at radius 1 is 0.952 bits per heavy atom. The van der Waals surface area contributed by atoms with Crippen LogP contribution in [0.5, 0.6) is 5.75 Å². The molecule has 0 bridgehead atoms. The highest BCUT2D eigenvalue weighted by molar-refractivity contribution is 7.86. The molecule has 0 saturated carbocycles. The number of hydrogen-bond acceptors (Lipinski definition) is 6. The Hall–Kier alpha value is -3.44. The third kappa shape index (κ3) is 6.95. The van der Waals surface area contributed by atoms with Crippen LogP contribution in [-0.4, -0.2) is 27.9 Å². The standard InChI is InChI=1S/C30H32Cl2N4O5S/c1-4-6-7-19(5-2)28(21-10-14-23(37)15-11-21)20-8-12-22(13-9-20)33-34-29-18(3)35-36(30(29)38)26-16-25(32)27(17-24(26)31)42(39,40)41/h8-17,19,28,35,37H,4-7H2,1-3H3,(H,39,40,41). The lowest BCUT2D eigenvalue weighted by Crippen LogP contribution is -2.15. The summed E-state index contributed by atoms with van der Waals surface area (Å²) in [5, 5.41) is 20.7. The summed E-state index contributed by atoms with van der Waals surface area (Å²) in [7, 11) is -4.60. The molecule has 0 amide bonds. The first kappa shape index (κ1) is 31.5. The van der Waals surface area contributed by atoms with Crippen LogP contribution in [0.25, 0.3) is 5.69 Å². The highest BCUT2D eigenvalue weighted by Crippen LogP contribution is 2.38. The van der Waals surface area contributed by atoms with Crippen molar-refractivity contribution in [1.82, 2.24) is 9.78 Å². The lowest BCUT2D eigenvalue weighted by molar-refractivity contribution is 0.405. The number of aromatic amines is 1. The molecular formula is C30H32Cl2N4O5S. The zero-order chi connectivity index (χ0) is 30.6. The number of phenols is 1. The Kier molecular flexibility index (Phi) is 9.93. The SMILES string of the molecule is CCCCC(CC)C(c1ccc(O)cc1)c1ccc(N=Nc2c(C)[nH]n(-c3cc(Cl)c(S(=O)(=O)O)cc3Cl)c2=O)cc1. The molecule has 1 aromatic heterocycles. The van der Waals surface area contributed by atoms with Gasteiger partial charge in [0.2, 0.25) is 0 Å². The second kappa shape index (κ2) is 13.2. The normalized spacial score (nSPS) is 13.5. The summed E-state index contributed by atoms with van der Waals surface area (Å²) in [5.41, 5.74) is 2.77. The first-order chi connectivity index (χ1) is 19.9. The van der Waals surface area contributed by atoms with Gasteiger partial charge in [-0.2, -0.15) is 13.5 Å². The molecule has 2 unspecified atom stereocenters. The van der Waals surface area contributed by atoms with Crippen molar-refractivity contribution < 1.29 is 18.1 Å². The Labute approximate surface area is 254 Å². The van der Waals surface area contributed by atoms with Crippen LogP contribution in [0.4, 0.5) is 11.4 Å². The maximum atomic E-state index is 13.2. The van der Waals surface area contributed by atoms with E-state index in [1.807, 2.05) is 36.4 Å². The molecule has 0 aliphatic heterocycles. The van der Waals surface area contributed by atoms with Crippen molar-refractivity contribution in [1.29, 1.82) is 0 Å². The minimum atomic E-state index is -4.60. The number of H-pyrrole nitrogens is 1. The van der Waals surface area contributed by atoms with Crippen molar-refractivity contribution in [2.24, 2.45) is 16.1 Å². The van der Waals surface area contributed by atoms with E-state index < -0.39 is 20.6 Å². The van der Waals surface area contributed by atoms with Crippen LogP contribution < -0.4 is 5.56 Å². The quantitative estimate of drug-likeness (QED) is 0.113. The van der Waals surface area contributed by atoms with Crippen LogP contribution in [0.2, 0.25) is 10.0 Å². The highest BCUT2D eigenvalue weighted by atomic mass is 35.5. The fraction of sp³-hybridized carbons (Fsp3) is 0.300. The van der Waals surface area contributed by atoms with Gasteiger partial charge in [0.1, 0.15) is 10.6 Å². The van der Waals surface area contributed by atoms with Crippen molar-refractivity contribution in [3.05, 3.63) is 97.9 Å². The maximum Gasteiger partial charge on any atom is 0.299 e. The Morgan fingerprint density at radius 3 is 2.14 bits per heavy atom. The van der Waals surface area contributed by atoms with Crippen LogP contribution in [0.15, 0.2) is 80.6 Å². The van der Waals surface area contributed by atoms with E-state index in [0.717, 1.165) is 47.6 Å². The summed E-state index contributed by atoms with van der Waals surface area (Å²) in [6.45, 7) is 6.03. The van der Waals surface area contributed by atoms with Crippen molar-refractivity contribution in [3.8, 4) is 11.4 Å². The van der Waals surface area contributed by atoms with Crippen LogP contribution >= 0.6 is 23.2 Å². The van der Waals surface area contributed by atoms with E-state index in [1.54, 1.807) is 19.1 Å². The molecule has 1 heterocycles. The third-order valence-corrected chi connectivity index (χ3v) is 8.88. The number of unbranched alkanes of at least 4 members (excludes halogenated alkanes) is 1. The molecule has 0 saturated heterocycles. The lowest BCUT2D eigenvalue weighted by atomic mass is 9.77. The van der Waals surface area contributed by atoms with Crippen molar-refractivity contribution in [3.63, 3.8) is 0 Å². The third-order valence-electron chi connectivity index (χ3n) is 7.25. The van der Waals surface area contributed by atoms with E-state index in [4.69, 9.17) is 23.2 Å². The van der Waals surface area contributed by atoms with Gasteiger partial charge in [0, 0.05) is 5.92 Å². The van der Waals surface area contributed by atoms with Gasteiger partial charge in [-0.05, 0) is 66.8 Å². The second-order valence-electron chi connectivity index (χ2n) is 10.1. The molecule has 4 aromatic rings. The molecule has 0 aliphatic rings. The summed E-state index contributed by atoms with van der Waals surface area (Å²) >= 11 is 12.3. The first-order valence-electron chi connectivity index (χ1n) is 13.5. The van der Waals surface area contributed by atoms with E-state index in [0.29, 0.717) is 17.3 Å². The number of nitrogens with zero attached hydrogens (tertiary/aromatic N) is 3. The molecular weight excluding hydrogens is 599 g/mol. The summed E-state index contributed by atoms with van der Waals surface area (Å²) in [6, 6.07) is 17.2. The molecule has 2 atom stereocenters. The zero-order valence-electron chi connectivity index (χ0n) is 23.4. The predicted molar refractivity (Wildman–Crippen MR) is 165 cm³/mol. The average molecular weight is 632 g/mol. The van der Waals surface area contributed by atoms with E-state index >= 15 is 0 Å². The van der Waals surface area contributed by atoms with E-state index in [1.165, 1.54) is 6.07 Å².